The highest BCUT2D eigenvalue weighted by Crippen LogP contribution is 2.35. The number of halogens is 2. The lowest BCUT2D eigenvalue weighted by atomic mass is 9.96. The first-order chi connectivity index (χ1) is 13.6. The number of piperazine rings is 1. The van der Waals surface area contributed by atoms with E-state index in [9.17, 15) is 4.39 Å². The molecule has 7 heteroatoms. The maximum atomic E-state index is 13.6. The first-order valence-corrected chi connectivity index (χ1v) is 9.83. The van der Waals surface area contributed by atoms with Crippen LogP contribution < -0.4 is 10.6 Å². The number of benzene rings is 1. The molecule has 2 aliphatic rings. The number of aromatic nitrogens is 1. The third-order valence-electron chi connectivity index (χ3n) is 5.17. The number of aliphatic imine (C=N–C) groups is 1. The highest BCUT2D eigenvalue weighted by Gasteiger charge is 2.27. The highest BCUT2D eigenvalue weighted by atomic mass is 35.5. The average molecular weight is 400 g/mol. The second kappa shape index (κ2) is 8.39. The summed E-state index contributed by atoms with van der Waals surface area (Å²) in [5, 5.41) is 7.25. The van der Waals surface area contributed by atoms with Crippen LogP contribution in [0.3, 0.4) is 0 Å². The van der Waals surface area contributed by atoms with Crippen LogP contribution in [-0.4, -0.2) is 48.4 Å². The summed E-state index contributed by atoms with van der Waals surface area (Å²) in [6, 6.07) is 9.97. The Kier molecular flexibility index (Phi) is 5.71. The number of pyridine rings is 1. The molecule has 1 saturated heterocycles. The predicted octanol–water partition coefficient (Wildman–Crippen LogP) is 3.14. The van der Waals surface area contributed by atoms with E-state index in [1.54, 1.807) is 12.3 Å². The van der Waals surface area contributed by atoms with Crippen molar-refractivity contribution in [1.29, 1.82) is 0 Å². The number of rotatable bonds is 4. The van der Waals surface area contributed by atoms with Gasteiger partial charge in [0.25, 0.3) is 0 Å². The fraction of sp³-hybridized carbons (Fsp3) is 0.333. The van der Waals surface area contributed by atoms with Gasteiger partial charge in [0.15, 0.2) is 5.84 Å². The monoisotopic (exact) mass is 399 g/mol. The van der Waals surface area contributed by atoms with E-state index >= 15 is 0 Å². The van der Waals surface area contributed by atoms with Crippen LogP contribution in [0.4, 0.5) is 4.39 Å². The molecule has 0 radical (unpaired) electrons. The van der Waals surface area contributed by atoms with Crippen molar-refractivity contribution < 1.29 is 4.39 Å². The van der Waals surface area contributed by atoms with Gasteiger partial charge in [-0.25, -0.2) is 4.39 Å². The van der Waals surface area contributed by atoms with E-state index in [2.05, 4.69) is 27.4 Å². The van der Waals surface area contributed by atoms with Crippen LogP contribution in [0, 0.1) is 5.82 Å². The summed E-state index contributed by atoms with van der Waals surface area (Å²) < 4.78 is 13.6. The van der Waals surface area contributed by atoms with Gasteiger partial charge in [0.2, 0.25) is 0 Å². The molecule has 2 aliphatic heterocycles. The van der Waals surface area contributed by atoms with Crippen molar-refractivity contribution in [2.75, 3.05) is 32.7 Å². The molecule has 146 valence electrons. The molecule has 2 aromatic rings. The van der Waals surface area contributed by atoms with E-state index in [0.717, 1.165) is 55.3 Å². The minimum atomic E-state index is -0.348. The van der Waals surface area contributed by atoms with Gasteiger partial charge in [-0.2, -0.15) is 0 Å². The smallest absolute Gasteiger partial charge is 0.152 e. The van der Waals surface area contributed by atoms with Gasteiger partial charge in [-0.3, -0.25) is 14.9 Å². The molecule has 0 bridgehead atoms. The van der Waals surface area contributed by atoms with E-state index in [0.29, 0.717) is 10.9 Å². The van der Waals surface area contributed by atoms with Gasteiger partial charge in [-0.15, -0.1) is 0 Å². The van der Waals surface area contributed by atoms with Gasteiger partial charge < -0.3 is 10.6 Å². The lowest BCUT2D eigenvalue weighted by molar-refractivity contribution is 0.256. The number of hydrogen-bond donors (Lipinski definition) is 2. The lowest BCUT2D eigenvalue weighted by Crippen LogP contribution is -2.46. The van der Waals surface area contributed by atoms with Crippen molar-refractivity contribution in [3.63, 3.8) is 0 Å². The van der Waals surface area contributed by atoms with Gasteiger partial charge in [0, 0.05) is 49.6 Å². The quantitative estimate of drug-likeness (QED) is 0.829. The molecule has 4 rings (SSSR count). The highest BCUT2D eigenvalue weighted by molar-refractivity contribution is 6.31. The fourth-order valence-corrected chi connectivity index (χ4v) is 3.85. The van der Waals surface area contributed by atoms with Crippen molar-refractivity contribution in [3.8, 4) is 0 Å². The summed E-state index contributed by atoms with van der Waals surface area (Å²) >= 11 is 6.37. The minimum absolute atomic E-state index is 0.274. The zero-order valence-corrected chi connectivity index (χ0v) is 16.5. The fourth-order valence-electron chi connectivity index (χ4n) is 3.58. The second-order valence-electron chi connectivity index (χ2n) is 7.07. The molecule has 5 nitrogen and oxygen atoms in total. The molecule has 0 aliphatic carbocycles. The standard InChI is InChI=1S/C21H23ClFN5/c1-14-19(13-28-10-8-24-9-11-28)26-21(18-4-2-3-7-25-18)27-20(14)16-6-5-15(23)12-17(16)22/h2-7,12,20,24H,8-11,13H2,1H3,(H,26,27). The van der Waals surface area contributed by atoms with Crippen molar-refractivity contribution in [3.05, 3.63) is 76.0 Å². The Bertz CT molecular complexity index is 906. The first kappa shape index (κ1) is 19.1. The molecule has 0 amide bonds. The largest absolute Gasteiger partial charge is 0.341 e. The minimum Gasteiger partial charge on any atom is -0.341 e. The maximum absolute atomic E-state index is 13.6. The van der Waals surface area contributed by atoms with Gasteiger partial charge >= 0.3 is 0 Å². The number of hydrogen-bond acceptors (Lipinski definition) is 5. The number of nitrogens with zero attached hydrogens (tertiary/aromatic N) is 3. The van der Waals surface area contributed by atoms with Gasteiger partial charge in [-0.1, -0.05) is 23.7 Å². The predicted molar refractivity (Wildman–Crippen MR) is 110 cm³/mol. The number of nitrogens with one attached hydrogen (secondary N) is 2. The summed E-state index contributed by atoms with van der Waals surface area (Å²) in [6.45, 7) is 6.83. The van der Waals surface area contributed by atoms with Crippen LogP contribution >= 0.6 is 11.6 Å². The summed E-state index contributed by atoms with van der Waals surface area (Å²) in [5.41, 5.74) is 3.76. The lowest BCUT2D eigenvalue weighted by Gasteiger charge is -2.32. The molecule has 1 atom stereocenters. The molecule has 2 N–H and O–H groups in total. The Morgan fingerprint density at radius 1 is 1.21 bits per heavy atom. The third-order valence-corrected chi connectivity index (χ3v) is 5.50. The molecular formula is C21H23ClFN5. The van der Waals surface area contributed by atoms with Gasteiger partial charge in [-0.05, 0) is 42.3 Å². The van der Waals surface area contributed by atoms with Crippen molar-refractivity contribution in [1.82, 2.24) is 20.5 Å². The molecule has 1 unspecified atom stereocenters. The Morgan fingerprint density at radius 3 is 2.75 bits per heavy atom. The SMILES string of the molecule is CC1=C(CN2CCNCC2)NC(c2ccccn2)=NC1c1ccc(F)cc1Cl. The molecule has 1 fully saturated rings. The van der Waals surface area contributed by atoms with Crippen LogP contribution in [0.5, 0.6) is 0 Å². The zero-order valence-electron chi connectivity index (χ0n) is 15.8. The summed E-state index contributed by atoms with van der Waals surface area (Å²) in [5.74, 6) is 0.362. The first-order valence-electron chi connectivity index (χ1n) is 9.45. The van der Waals surface area contributed by atoms with E-state index in [-0.39, 0.29) is 11.9 Å². The van der Waals surface area contributed by atoms with E-state index in [4.69, 9.17) is 16.6 Å². The molecule has 0 spiro atoms. The van der Waals surface area contributed by atoms with Crippen LogP contribution in [-0.2, 0) is 0 Å². The van der Waals surface area contributed by atoms with E-state index in [1.807, 2.05) is 18.2 Å². The Balaban J connectivity index is 1.72. The van der Waals surface area contributed by atoms with Crippen LogP contribution in [0.1, 0.15) is 24.2 Å². The van der Waals surface area contributed by atoms with Gasteiger partial charge in [0.05, 0.1) is 0 Å². The Morgan fingerprint density at radius 2 is 2.04 bits per heavy atom. The molecule has 1 aromatic heterocycles. The Labute approximate surface area is 169 Å². The summed E-state index contributed by atoms with van der Waals surface area (Å²) in [6.07, 6.45) is 1.75. The second-order valence-corrected chi connectivity index (χ2v) is 7.48. The number of amidine groups is 1. The van der Waals surface area contributed by atoms with Crippen LogP contribution in [0.15, 0.2) is 58.9 Å². The molecule has 3 heterocycles. The maximum Gasteiger partial charge on any atom is 0.152 e. The average Bonchev–Trinajstić information content (AvgIpc) is 2.71. The molecule has 0 saturated carbocycles. The molecule has 1 aromatic carbocycles. The normalized spacial score (nSPS) is 20.7. The van der Waals surface area contributed by atoms with E-state index in [1.165, 1.54) is 12.1 Å². The Hall–Kier alpha value is -2.28. The molecule has 28 heavy (non-hydrogen) atoms. The van der Waals surface area contributed by atoms with Crippen molar-refractivity contribution in [2.45, 2.75) is 13.0 Å². The zero-order chi connectivity index (χ0) is 19.5. The topological polar surface area (TPSA) is 52.5 Å². The third kappa shape index (κ3) is 4.09. The van der Waals surface area contributed by atoms with Gasteiger partial charge in [0.1, 0.15) is 17.6 Å². The summed E-state index contributed by atoms with van der Waals surface area (Å²) in [4.78, 5) is 11.7. The van der Waals surface area contributed by atoms with Crippen molar-refractivity contribution >= 4 is 17.4 Å². The summed E-state index contributed by atoms with van der Waals surface area (Å²) in [7, 11) is 0. The van der Waals surface area contributed by atoms with Crippen LogP contribution in [0.2, 0.25) is 5.02 Å². The van der Waals surface area contributed by atoms with Crippen LogP contribution in [0.25, 0.3) is 0 Å². The van der Waals surface area contributed by atoms with Crippen molar-refractivity contribution in [2.24, 2.45) is 4.99 Å². The molecular weight excluding hydrogens is 377 g/mol. The van der Waals surface area contributed by atoms with E-state index < -0.39 is 0 Å².